The number of amides is 1. The Balaban J connectivity index is 1.70. The molecule has 1 saturated carbocycles. The van der Waals surface area contributed by atoms with Crippen LogP contribution < -0.4 is 5.73 Å². The zero-order valence-corrected chi connectivity index (χ0v) is 10.8. The molecule has 98 valence electrons. The maximum atomic E-state index is 12.4. The van der Waals surface area contributed by atoms with E-state index in [-0.39, 0.29) is 17.9 Å². The largest absolute Gasteiger partial charge is 0.335 e. The van der Waals surface area contributed by atoms with Crippen molar-refractivity contribution in [2.24, 2.45) is 11.7 Å². The summed E-state index contributed by atoms with van der Waals surface area (Å²) < 4.78 is 2.01. The molecule has 3 rings (SSSR count). The van der Waals surface area contributed by atoms with Crippen LogP contribution in [0.2, 0.25) is 0 Å². The van der Waals surface area contributed by atoms with Gasteiger partial charge in [0.05, 0.1) is 24.5 Å². The lowest BCUT2D eigenvalue weighted by molar-refractivity contribution is -0.136. The summed E-state index contributed by atoms with van der Waals surface area (Å²) in [5.74, 6) is 0.434. The van der Waals surface area contributed by atoms with E-state index in [2.05, 4.69) is 11.2 Å². The number of rotatable bonds is 1. The Morgan fingerprint density at radius 2 is 2.28 bits per heavy atom. The van der Waals surface area contributed by atoms with Gasteiger partial charge in [-0.3, -0.25) is 9.48 Å². The van der Waals surface area contributed by atoms with Crippen molar-refractivity contribution in [3.05, 3.63) is 17.5 Å². The summed E-state index contributed by atoms with van der Waals surface area (Å²) in [7, 11) is 0. The van der Waals surface area contributed by atoms with Gasteiger partial charge < -0.3 is 10.6 Å². The summed E-state index contributed by atoms with van der Waals surface area (Å²) >= 11 is 0. The molecule has 0 unspecified atom stereocenters. The van der Waals surface area contributed by atoms with E-state index in [1.165, 1.54) is 0 Å². The predicted molar refractivity (Wildman–Crippen MR) is 67.7 cm³/mol. The van der Waals surface area contributed by atoms with Crippen molar-refractivity contribution in [1.29, 1.82) is 0 Å². The third kappa shape index (κ3) is 2.03. The SMILES string of the molecule is Cc1cc2n(n1)CCN(C(=O)[C@@H]1CC[C@H](N)C1)C2. The van der Waals surface area contributed by atoms with Gasteiger partial charge in [0, 0.05) is 18.5 Å². The molecule has 18 heavy (non-hydrogen) atoms. The molecule has 0 bridgehead atoms. The summed E-state index contributed by atoms with van der Waals surface area (Å²) in [6.07, 6.45) is 2.80. The van der Waals surface area contributed by atoms with Crippen molar-refractivity contribution in [2.75, 3.05) is 6.54 Å². The van der Waals surface area contributed by atoms with Crippen LogP contribution in [0.1, 0.15) is 30.7 Å². The van der Waals surface area contributed by atoms with Crippen molar-refractivity contribution in [2.45, 2.75) is 45.3 Å². The zero-order chi connectivity index (χ0) is 12.7. The van der Waals surface area contributed by atoms with E-state index in [0.717, 1.165) is 43.7 Å². The average Bonchev–Trinajstić information content (AvgIpc) is 2.92. The second kappa shape index (κ2) is 4.39. The molecule has 0 spiro atoms. The van der Waals surface area contributed by atoms with Crippen molar-refractivity contribution >= 4 is 5.91 Å². The zero-order valence-electron chi connectivity index (χ0n) is 10.8. The number of hydrogen-bond donors (Lipinski definition) is 1. The maximum absolute atomic E-state index is 12.4. The van der Waals surface area contributed by atoms with E-state index in [9.17, 15) is 4.79 Å². The number of carbonyl (C=O) groups excluding carboxylic acids is 1. The van der Waals surface area contributed by atoms with Gasteiger partial charge in [-0.05, 0) is 32.3 Å². The quantitative estimate of drug-likeness (QED) is 0.794. The van der Waals surface area contributed by atoms with Crippen LogP contribution in [0.15, 0.2) is 6.07 Å². The number of carbonyl (C=O) groups is 1. The first kappa shape index (κ1) is 11.7. The Kier molecular flexibility index (Phi) is 2.86. The molecule has 0 radical (unpaired) electrons. The molecule has 1 fully saturated rings. The van der Waals surface area contributed by atoms with Crippen LogP contribution in [0.4, 0.5) is 0 Å². The maximum Gasteiger partial charge on any atom is 0.226 e. The molecule has 2 N–H and O–H groups in total. The number of hydrogen-bond acceptors (Lipinski definition) is 3. The number of nitrogens with two attached hydrogens (primary N) is 1. The Labute approximate surface area is 107 Å². The molecule has 1 aromatic heterocycles. The van der Waals surface area contributed by atoms with Crippen LogP contribution >= 0.6 is 0 Å². The summed E-state index contributed by atoms with van der Waals surface area (Å²) in [5, 5.41) is 4.41. The van der Waals surface area contributed by atoms with Gasteiger partial charge in [0.15, 0.2) is 0 Å². The van der Waals surface area contributed by atoms with E-state index < -0.39 is 0 Å². The molecule has 2 aliphatic rings. The van der Waals surface area contributed by atoms with E-state index in [1.54, 1.807) is 0 Å². The normalized spacial score (nSPS) is 27.3. The lowest BCUT2D eigenvalue weighted by Gasteiger charge is -2.29. The van der Waals surface area contributed by atoms with Gasteiger partial charge in [-0.25, -0.2) is 0 Å². The van der Waals surface area contributed by atoms with Gasteiger partial charge >= 0.3 is 0 Å². The molecule has 2 atom stereocenters. The second-order valence-electron chi connectivity index (χ2n) is 5.53. The highest BCUT2D eigenvalue weighted by Gasteiger charge is 2.32. The Morgan fingerprint density at radius 1 is 1.44 bits per heavy atom. The molecule has 5 heteroatoms. The standard InChI is InChI=1S/C13H20N4O/c1-9-6-12-8-16(4-5-17(12)15-9)13(18)10-2-3-11(14)7-10/h6,10-11H,2-5,7-8,14H2,1H3/t10-,11+/m1/s1. The minimum Gasteiger partial charge on any atom is -0.335 e. The van der Waals surface area contributed by atoms with Crippen LogP contribution in [0, 0.1) is 12.8 Å². The summed E-state index contributed by atoms with van der Waals surface area (Å²) in [6, 6.07) is 2.29. The lowest BCUT2D eigenvalue weighted by atomic mass is 10.1. The Morgan fingerprint density at radius 3 is 3.00 bits per heavy atom. The first-order valence-electron chi connectivity index (χ1n) is 6.71. The van der Waals surface area contributed by atoms with Crippen molar-refractivity contribution in [1.82, 2.24) is 14.7 Å². The van der Waals surface area contributed by atoms with Crippen molar-refractivity contribution < 1.29 is 4.79 Å². The minimum absolute atomic E-state index is 0.149. The topological polar surface area (TPSA) is 64.2 Å². The third-order valence-electron chi connectivity index (χ3n) is 4.05. The molecule has 1 aliphatic heterocycles. The van der Waals surface area contributed by atoms with Crippen LogP contribution in [-0.2, 0) is 17.9 Å². The van der Waals surface area contributed by atoms with Gasteiger partial charge in [-0.1, -0.05) is 0 Å². The fraction of sp³-hybridized carbons (Fsp3) is 0.692. The molecule has 0 aromatic carbocycles. The number of nitrogens with zero attached hydrogens (tertiary/aromatic N) is 3. The number of fused-ring (bicyclic) bond motifs is 1. The van der Waals surface area contributed by atoms with E-state index in [1.807, 2.05) is 16.5 Å². The van der Waals surface area contributed by atoms with E-state index in [4.69, 9.17) is 5.73 Å². The highest BCUT2D eigenvalue weighted by atomic mass is 16.2. The van der Waals surface area contributed by atoms with E-state index >= 15 is 0 Å². The predicted octanol–water partition coefficient (Wildman–Crippen LogP) is 0.661. The van der Waals surface area contributed by atoms with Crippen LogP contribution in [-0.4, -0.2) is 33.2 Å². The second-order valence-corrected chi connectivity index (χ2v) is 5.53. The molecular formula is C13H20N4O. The third-order valence-corrected chi connectivity index (χ3v) is 4.05. The van der Waals surface area contributed by atoms with Crippen LogP contribution in [0.5, 0.6) is 0 Å². The summed E-state index contributed by atoms with van der Waals surface area (Å²) in [5.41, 5.74) is 8.06. The van der Waals surface area contributed by atoms with Crippen LogP contribution in [0.3, 0.4) is 0 Å². The molecule has 5 nitrogen and oxygen atoms in total. The Hall–Kier alpha value is -1.36. The molecule has 2 heterocycles. The first-order valence-corrected chi connectivity index (χ1v) is 6.71. The fourth-order valence-electron chi connectivity index (χ4n) is 3.10. The van der Waals surface area contributed by atoms with Gasteiger partial charge in [0.1, 0.15) is 0 Å². The molecular weight excluding hydrogens is 228 g/mol. The molecule has 0 saturated heterocycles. The monoisotopic (exact) mass is 248 g/mol. The van der Waals surface area contributed by atoms with Crippen molar-refractivity contribution in [3.63, 3.8) is 0 Å². The van der Waals surface area contributed by atoms with Crippen LogP contribution in [0.25, 0.3) is 0 Å². The minimum atomic E-state index is 0.149. The molecule has 1 amide bonds. The fourth-order valence-corrected chi connectivity index (χ4v) is 3.10. The van der Waals surface area contributed by atoms with Gasteiger partial charge in [0.25, 0.3) is 0 Å². The lowest BCUT2D eigenvalue weighted by Crippen LogP contribution is -2.41. The van der Waals surface area contributed by atoms with Gasteiger partial charge in [-0.2, -0.15) is 5.10 Å². The van der Waals surface area contributed by atoms with E-state index in [0.29, 0.717) is 6.54 Å². The summed E-state index contributed by atoms with van der Waals surface area (Å²) in [6.45, 7) is 4.28. The molecule has 1 aliphatic carbocycles. The smallest absolute Gasteiger partial charge is 0.226 e. The average molecular weight is 248 g/mol. The molecule has 1 aromatic rings. The highest BCUT2D eigenvalue weighted by molar-refractivity contribution is 5.79. The highest BCUT2D eigenvalue weighted by Crippen LogP contribution is 2.27. The number of aryl methyl sites for hydroxylation is 1. The van der Waals surface area contributed by atoms with Gasteiger partial charge in [-0.15, -0.1) is 0 Å². The van der Waals surface area contributed by atoms with Gasteiger partial charge in [0.2, 0.25) is 5.91 Å². The van der Waals surface area contributed by atoms with Crippen molar-refractivity contribution in [3.8, 4) is 0 Å². The summed E-state index contributed by atoms with van der Waals surface area (Å²) in [4.78, 5) is 14.4. The Bertz CT molecular complexity index is 468. The first-order chi connectivity index (χ1) is 8.63. The number of aromatic nitrogens is 2.